The van der Waals surface area contributed by atoms with Gasteiger partial charge in [-0.1, -0.05) is 29.8 Å². The van der Waals surface area contributed by atoms with Gasteiger partial charge in [-0.3, -0.25) is 9.78 Å². The zero-order valence-corrected chi connectivity index (χ0v) is 14.8. The van der Waals surface area contributed by atoms with E-state index in [-0.39, 0.29) is 29.1 Å². The molecule has 1 aromatic carbocycles. The van der Waals surface area contributed by atoms with Gasteiger partial charge in [0.2, 0.25) is 0 Å². The Morgan fingerprint density at radius 1 is 1.28 bits per heavy atom. The number of hydrogen-bond donors (Lipinski definition) is 2. The molecule has 2 aromatic rings. The first kappa shape index (κ1) is 17.4. The number of hydrogen-bond acceptors (Lipinski definition) is 5. The summed E-state index contributed by atoms with van der Waals surface area (Å²) in [4.78, 5) is 16.4. The second kappa shape index (κ2) is 7.23. The largest absolute Gasteiger partial charge is 0.381 e. The fraction of sp³-hybridized carbons (Fsp3) is 0.333. The van der Waals surface area contributed by atoms with Crippen molar-refractivity contribution in [3.63, 3.8) is 0 Å². The minimum absolute atomic E-state index is 0.00401. The molecular formula is C18H21N3O3S. The lowest BCUT2D eigenvalue weighted by Crippen LogP contribution is -2.36. The number of pyridine rings is 1. The van der Waals surface area contributed by atoms with E-state index in [1.807, 2.05) is 25.1 Å². The molecular weight excluding hydrogens is 338 g/mol. The van der Waals surface area contributed by atoms with E-state index in [2.05, 4.69) is 21.7 Å². The summed E-state index contributed by atoms with van der Waals surface area (Å²) < 4.78 is 23.0. The Morgan fingerprint density at radius 2 is 2.12 bits per heavy atom. The van der Waals surface area contributed by atoms with E-state index in [4.69, 9.17) is 0 Å². The number of aromatic nitrogens is 1. The third-order valence-electron chi connectivity index (χ3n) is 4.14. The van der Waals surface area contributed by atoms with Gasteiger partial charge in [0.05, 0.1) is 11.5 Å². The Bertz CT molecular complexity index is 881. The minimum Gasteiger partial charge on any atom is -0.381 e. The highest BCUT2D eigenvalue weighted by Gasteiger charge is 2.29. The van der Waals surface area contributed by atoms with E-state index in [1.54, 1.807) is 18.3 Å². The monoisotopic (exact) mass is 359 g/mol. The van der Waals surface area contributed by atoms with Crippen LogP contribution in [0.5, 0.6) is 0 Å². The standard InChI is InChI=1S/C18H21N3O3S/c1-13-3-2-4-14(9-13)11-20-15-5-7-19-17(10-15)18(22)21-16-6-8-25(23,24)12-16/h2-5,7,9-10,16H,6,8,11-12H2,1H3,(H,19,20)(H,21,22). The van der Waals surface area contributed by atoms with Gasteiger partial charge < -0.3 is 10.6 Å². The molecule has 1 aliphatic heterocycles. The molecule has 2 N–H and O–H groups in total. The molecule has 1 saturated heterocycles. The van der Waals surface area contributed by atoms with Crippen molar-refractivity contribution in [2.24, 2.45) is 0 Å². The molecule has 0 bridgehead atoms. The Morgan fingerprint density at radius 3 is 2.84 bits per heavy atom. The van der Waals surface area contributed by atoms with Crippen molar-refractivity contribution in [2.75, 3.05) is 16.8 Å². The number of benzene rings is 1. The van der Waals surface area contributed by atoms with Crippen LogP contribution in [-0.2, 0) is 16.4 Å². The van der Waals surface area contributed by atoms with Gasteiger partial charge in [-0.25, -0.2) is 8.42 Å². The van der Waals surface area contributed by atoms with E-state index in [1.165, 1.54) is 5.56 Å². The van der Waals surface area contributed by atoms with E-state index in [9.17, 15) is 13.2 Å². The van der Waals surface area contributed by atoms with Crippen molar-refractivity contribution in [1.82, 2.24) is 10.3 Å². The number of nitrogens with one attached hydrogen (secondary N) is 2. The average molecular weight is 359 g/mol. The molecule has 3 rings (SSSR count). The maximum Gasteiger partial charge on any atom is 0.270 e. The number of aryl methyl sites for hydroxylation is 1. The molecule has 0 aliphatic carbocycles. The lowest BCUT2D eigenvalue weighted by molar-refractivity contribution is 0.0936. The van der Waals surface area contributed by atoms with Crippen LogP contribution in [-0.4, -0.2) is 36.9 Å². The second-order valence-electron chi connectivity index (χ2n) is 6.35. The summed E-state index contributed by atoms with van der Waals surface area (Å²) in [6.45, 7) is 2.69. The van der Waals surface area contributed by atoms with Crippen LogP contribution in [0.15, 0.2) is 42.6 Å². The number of carbonyl (C=O) groups is 1. The predicted octanol–water partition coefficient (Wildman–Crippen LogP) is 1.92. The number of nitrogens with zero attached hydrogens (tertiary/aromatic N) is 1. The fourth-order valence-electron chi connectivity index (χ4n) is 2.86. The van der Waals surface area contributed by atoms with Gasteiger partial charge >= 0.3 is 0 Å². The molecule has 1 amide bonds. The highest BCUT2D eigenvalue weighted by Crippen LogP contribution is 2.14. The van der Waals surface area contributed by atoms with E-state index < -0.39 is 9.84 Å². The molecule has 2 heterocycles. The van der Waals surface area contributed by atoms with Crippen LogP contribution >= 0.6 is 0 Å². The smallest absolute Gasteiger partial charge is 0.270 e. The van der Waals surface area contributed by atoms with Gasteiger partial charge in [0, 0.05) is 24.5 Å². The van der Waals surface area contributed by atoms with E-state index in [0.29, 0.717) is 13.0 Å². The average Bonchev–Trinajstić information content (AvgIpc) is 2.92. The summed E-state index contributed by atoms with van der Waals surface area (Å²) in [6, 6.07) is 11.3. The maximum atomic E-state index is 12.3. The molecule has 0 saturated carbocycles. The third kappa shape index (κ3) is 4.79. The van der Waals surface area contributed by atoms with Crippen molar-refractivity contribution in [3.8, 4) is 0 Å². The van der Waals surface area contributed by atoms with Gasteiger partial charge in [0.25, 0.3) is 5.91 Å². The quantitative estimate of drug-likeness (QED) is 0.851. The van der Waals surface area contributed by atoms with Crippen molar-refractivity contribution >= 4 is 21.4 Å². The highest BCUT2D eigenvalue weighted by molar-refractivity contribution is 7.91. The van der Waals surface area contributed by atoms with Crippen molar-refractivity contribution in [3.05, 3.63) is 59.4 Å². The zero-order chi connectivity index (χ0) is 17.9. The lowest BCUT2D eigenvalue weighted by atomic mass is 10.1. The number of carbonyl (C=O) groups excluding carboxylic acids is 1. The first-order valence-electron chi connectivity index (χ1n) is 8.18. The second-order valence-corrected chi connectivity index (χ2v) is 8.57. The third-order valence-corrected chi connectivity index (χ3v) is 5.91. The number of rotatable bonds is 5. The summed E-state index contributed by atoms with van der Waals surface area (Å²) >= 11 is 0. The summed E-state index contributed by atoms with van der Waals surface area (Å²) in [5.74, 6) is -0.214. The molecule has 1 atom stereocenters. The van der Waals surface area contributed by atoms with Crippen LogP contribution in [0.3, 0.4) is 0 Å². The topological polar surface area (TPSA) is 88.2 Å². The van der Waals surface area contributed by atoms with Gasteiger partial charge in [0.1, 0.15) is 5.69 Å². The lowest BCUT2D eigenvalue weighted by Gasteiger charge is -2.12. The van der Waals surface area contributed by atoms with Crippen LogP contribution in [0.25, 0.3) is 0 Å². The molecule has 6 nitrogen and oxygen atoms in total. The Kier molecular flexibility index (Phi) is 5.03. The molecule has 0 spiro atoms. The zero-order valence-electron chi connectivity index (χ0n) is 14.0. The van der Waals surface area contributed by atoms with Gasteiger partial charge in [-0.05, 0) is 31.0 Å². The van der Waals surface area contributed by atoms with Gasteiger partial charge in [0.15, 0.2) is 9.84 Å². The number of amides is 1. The minimum atomic E-state index is -3.02. The molecule has 1 fully saturated rings. The summed E-state index contributed by atoms with van der Waals surface area (Å²) in [5, 5.41) is 6.03. The Labute approximate surface area is 147 Å². The van der Waals surface area contributed by atoms with Crippen molar-refractivity contribution < 1.29 is 13.2 Å². The predicted molar refractivity (Wildman–Crippen MR) is 97.3 cm³/mol. The van der Waals surface area contributed by atoms with Crippen LogP contribution < -0.4 is 10.6 Å². The maximum absolute atomic E-state index is 12.3. The summed E-state index contributed by atoms with van der Waals surface area (Å²) in [6.07, 6.45) is 2.03. The molecule has 0 radical (unpaired) electrons. The van der Waals surface area contributed by atoms with Gasteiger partial charge in [-0.2, -0.15) is 0 Å². The van der Waals surface area contributed by atoms with E-state index in [0.717, 1.165) is 11.3 Å². The SMILES string of the molecule is Cc1cccc(CNc2ccnc(C(=O)NC3CCS(=O)(=O)C3)c2)c1. The van der Waals surface area contributed by atoms with Crippen LogP contribution in [0, 0.1) is 6.92 Å². The van der Waals surface area contributed by atoms with Crippen LogP contribution in [0.4, 0.5) is 5.69 Å². The molecule has 7 heteroatoms. The van der Waals surface area contributed by atoms with Gasteiger partial charge in [-0.15, -0.1) is 0 Å². The summed E-state index contributed by atoms with van der Waals surface area (Å²) in [7, 11) is -3.02. The number of anilines is 1. The fourth-order valence-corrected chi connectivity index (χ4v) is 4.53. The molecule has 25 heavy (non-hydrogen) atoms. The Balaban J connectivity index is 1.62. The summed E-state index contributed by atoms with van der Waals surface area (Å²) in [5.41, 5.74) is 3.42. The molecule has 1 aromatic heterocycles. The number of sulfone groups is 1. The van der Waals surface area contributed by atoms with Crippen LogP contribution in [0.2, 0.25) is 0 Å². The van der Waals surface area contributed by atoms with Crippen molar-refractivity contribution in [1.29, 1.82) is 0 Å². The normalized spacial score (nSPS) is 18.7. The van der Waals surface area contributed by atoms with Crippen LogP contribution in [0.1, 0.15) is 28.0 Å². The first-order valence-corrected chi connectivity index (χ1v) is 10.0. The Hall–Kier alpha value is -2.41. The molecule has 132 valence electrons. The molecule has 1 unspecified atom stereocenters. The van der Waals surface area contributed by atoms with Crippen molar-refractivity contribution in [2.45, 2.75) is 25.9 Å². The highest BCUT2D eigenvalue weighted by atomic mass is 32.2. The molecule has 1 aliphatic rings. The first-order chi connectivity index (χ1) is 11.9. The van der Waals surface area contributed by atoms with E-state index >= 15 is 0 Å².